The number of hydrogen-bond donors (Lipinski definition) is 1. The van der Waals surface area contributed by atoms with Gasteiger partial charge in [-0.05, 0) is 13.1 Å². The molecule has 0 aliphatic rings. The Morgan fingerprint density at radius 1 is 1.35 bits per heavy atom. The summed E-state index contributed by atoms with van der Waals surface area (Å²) in [6.07, 6.45) is 0.715. The van der Waals surface area contributed by atoms with Crippen LogP contribution in [0.4, 0.5) is 0 Å². The highest BCUT2D eigenvalue weighted by Crippen LogP contribution is 2.31. The molecule has 0 radical (unpaired) electrons. The van der Waals surface area contributed by atoms with Crippen LogP contribution in [0, 0.1) is 0 Å². The normalized spacial score (nSPS) is 10.6. The molecule has 0 spiro atoms. The van der Waals surface area contributed by atoms with Crippen molar-refractivity contribution in [1.82, 2.24) is 15.5 Å². The molecule has 20 heavy (non-hydrogen) atoms. The number of hydrogen-bond acceptors (Lipinski definition) is 6. The zero-order chi connectivity index (χ0) is 14.4. The first-order valence-corrected chi connectivity index (χ1v) is 6.53. The molecule has 6 heteroatoms. The second-order valence-corrected chi connectivity index (χ2v) is 4.23. The minimum Gasteiger partial charge on any atom is -0.493 e. The largest absolute Gasteiger partial charge is 0.493 e. The number of nitrogens with one attached hydrogen (secondary N) is 1. The van der Waals surface area contributed by atoms with Crippen molar-refractivity contribution < 1.29 is 14.0 Å². The third-order valence-electron chi connectivity index (χ3n) is 2.81. The number of para-hydroxylation sites is 1. The Morgan fingerprint density at radius 3 is 2.85 bits per heavy atom. The summed E-state index contributed by atoms with van der Waals surface area (Å²) in [4.78, 5) is 4.22. The summed E-state index contributed by atoms with van der Waals surface area (Å²) in [6.45, 7) is 2.91. The molecule has 2 aromatic rings. The number of methoxy groups -OCH3 is 1. The Hall–Kier alpha value is -2.08. The second-order valence-electron chi connectivity index (χ2n) is 4.23. The molecule has 6 nitrogen and oxygen atoms in total. The van der Waals surface area contributed by atoms with Crippen molar-refractivity contribution in [3.63, 3.8) is 0 Å². The zero-order valence-corrected chi connectivity index (χ0v) is 12.0. The molecular formula is C14H19N3O3. The molecule has 2 rings (SSSR count). The molecule has 0 bridgehead atoms. The maximum atomic E-state index is 5.81. The summed E-state index contributed by atoms with van der Waals surface area (Å²) in [6, 6.07) is 5.78. The molecule has 0 amide bonds. The quantitative estimate of drug-likeness (QED) is 0.834. The van der Waals surface area contributed by atoms with Gasteiger partial charge in [-0.3, -0.25) is 0 Å². The molecule has 0 saturated carbocycles. The van der Waals surface area contributed by atoms with Gasteiger partial charge in [0.2, 0.25) is 11.7 Å². The van der Waals surface area contributed by atoms with Crippen LogP contribution in [-0.4, -0.2) is 24.3 Å². The predicted octanol–water partition coefficient (Wildman–Crippen LogP) is 1.94. The van der Waals surface area contributed by atoms with Gasteiger partial charge in [0.25, 0.3) is 0 Å². The Balaban J connectivity index is 2.14. The van der Waals surface area contributed by atoms with Crippen LogP contribution in [0.15, 0.2) is 22.7 Å². The maximum absolute atomic E-state index is 5.81. The van der Waals surface area contributed by atoms with Gasteiger partial charge in [0, 0.05) is 18.5 Å². The maximum Gasteiger partial charge on any atom is 0.226 e. The molecule has 108 valence electrons. The Labute approximate surface area is 118 Å². The van der Waals surface area contributed by atoms with E-state index in [1.165, 1.54) is 0 Å². The van der Waals surface area contributed by atoms with Crippen molar-refractivity contribution in [1.29, 1.82) is 0 Å². The fourth-order valence-electron chi connectivity index (χ4n) is 1.84. The average Bonchev–Trinajstić information content (AvgIpc) is 2.94. The zero-order valence-electron chi connectivity index (χ0n) is 12.0. The SMILES string of the molecule is CCc1nc(COc2c(CNC)cccc2OC)no1. The van der Waals surface area contributed by atoms with E-state index in [1.54, 1.807) is 7.11 Å². The molecule has 1 heterocycles. The van der Waals surface area contributed by atoms with Gasteiger partial charge in [0.05, 0.1) is 7.11 Å². The monoisotopic (exact) mass is 277 g/mol. The first-order chi connectivity index (χ1) is 9.78. The standard InChI is InChI=1S/C14H19N3O3/c1-4-13-16-12(17-20-13)9-19-14-10(8-15-2)6-5-7-11(14)18-3/h5-7,15H,4,8-9H2,1-3H3. The van der Waals surface area contributed by atoms with Crippen molar-refractivity contribution in [2.24, 2.45) is 0 Å². The lowest BCUT2D eigenvalue weighted by Gasteiger charge is -2.13. The molecule has 1 N–H and O–H groups in total. The third kappa shape index (κ3) is 3.27. The van der Waals surface area contributed by atoms with Crippen molar-refractivity contribution in [3.05, 3.63) is 35.5 Å². The summed E-state index contributed by atoms with van der Waals surface area (Å²) in [7, 11) is 3.50. The first kappa shape index (κ1) is 14.3. The predicted molar refractivity (Wildman–Crippen MR) is 73.8 cm³/mol. The van der Waals surface area contributed by atoms with Gasteiger partial charge >= 0.3 is 0 Å². The van der Waals surface area contributed by atoms with Crippen molar-refractivity contribution >= 4 is 0 Å². The highest BCUT2D eigenvalue weighted by molar-refractivity contribution is 5.46. The minimum atomic E-state index is 0.251. The van der Waals surface area contributed by atoms with Gasteiger partial charge in [0.1, 0.15) is 0 Å². The lowest BCUT2D eigenvalue weighted by Crippen LogP contribution is -2.09. The summed E-state index contributed by atoms with van der Waals surface area (Å²) >= 11 is 0. The van der Waals surface area contributed by atoms with E-state index in [-0.39, 0.29) is 6.61 Å². The number of aryl methyl sites for hydroxylation is 1. The van der Waals surface area contributed by atoms with Crippen molar-refractivity contribution in [2.45, 2.75) is 26.5 Å². The van der Waals surface area contributed by atoms with E-state index in [0.29, 0.717) is 36.2 Å². The molecule has 0 atom stereocenters. The van der Waals surface area contributed by atoms with Gasteiger partial charge in [-0.15, -0.1) is 0 Å². The van der Waals surface area contributed by atoms with Crippen molar-refractivity contribution in [2.75, 3.05) is 14.2 Å². The van der Waals surface area contributed by atoms with E-state index in [4.69, 9.17) is 14.0 Å². The van der Waals surface area contributed by atoms with Crippen LogP contribution < -0.4 is 14.8 Å². The molecule has 0 saturated heterocycles. The summed E-state index contributed by atoms with van der Waals surface area (Å²) in [5, 5.41) is 6.97. The van der Waals surface area contributed by atoms with Gasteiger partial charge in [0.15, 0.2) is 18.1 Å². The molecule has 1 aromatic heterocycles. The average molecular weight is 277 g/mol. The van der Waals surface area contributed by atoms with Crippen LogP contribution >= 0.6 is 0 Å². The fraction of sp³-hybridized carbons (Fsp3) is 0.429. The number of nitrogens with zero attached hydrogens (tertiary/aromatic N) is 2. The number of rotatable bonds is 7. The van der Waals surface area contributed by atoms with Gasteiger partial charge < -0.3 is 19.3 Å². The van der Waals surface area contributed by atoms with Crippen molar-refractivity contribution in [3.8, 4) is 11.5 Å². The fourth-order valence-corrected chi connectivity index (χ4v) is 1.84. The Morgan fingerprint density at radius 2 is 2.20 bits per heavy atom. The lowest BCUT2D eigenvalue weighted by molar-refractivity contribution is 0.266. The van der Waals surface area contributed by atoms with Gasteiger partial charge in [-0.25, -0.2) is 0 Å². The Bertz CT molecular complexity index is 554. The Kier molecular flexibility index (Phi) is 4.95. The molecule has 0 aliphatic heterocycles. The minimum absolute atomic E-state index is 0.251. The molecule has 0 aliphatic carbocycles. The lowest BCUT2D eigenvalue weighted by atomic mass is 10.2. The van der Waals surface area contributed by atoms with E-state index in [2.05, 4.69) is 15.5 Å². The third-order valence-corrected chi connectivity index (χ3v) is 2.81. The van der Waals surface area contributed by atoms with E-state index < -0.39 is 0 Å². The van der Waals surface area contributed by atoms with E-state index in [0.717, 1.165) is 5.56 Å². The van der Waals surface area contributed by atoms with Crippen LogP contribution in [0.2, 0.25) is 0 Å². The van der Waals surface area contributed by atoms with Crippen LogP contribution in [0.1, 0.15) is 24.2 Å². The summed E-state index contributed by atoms with van der Waals surface area (Å²) in [5.74, 6) is 2.53. The number of benzene rings is 1. The van der Waals surface area contributed by atoms with Gasteiger partial charge in [-0.2, -0.15) is 4.98 Å². The van der Waals surface area contributed by atoms with Crippen LogP contribution in [0.3, 0.4) is 0 Å². The van der Waals surface area contributed by atoms with Gasteiger partial charge in [-0.1, -0.05) is 24.2 Å². The van der Waals surface area contributed by atoms with Crippen LogP contribution in [-0.2, 0) is 19.6 Å². The highest BCUT2D eigenvalue weighted by Gasteiger charge is 2.12. The van der Waals surface area contributed by atoms with E-state index in [1.807, 2.05) is 32.2 Å². The molecule has 1 aromatic carbocycles. The number of aromatic nitrogens is 2. The first-order valence-electron chi connectivity index (χ1n) is 6.53. The molecule has 0 unspecified atom stereocenters. The van der Waals surface area contributed by atoms with Crippen LogP contribution in [0.5, 0.6) is 11.5 Å². The topological polar surface area (TPSA) is 69.4 Å². The van der Waals surface area contributed by atoms with Crippen LogP contribution in [0.25, 0.3) is 0 Å². The molecule has 0 fully saturated rings. The molecular weight excluding hydrogens is 258 g/mol. The number of ether oxygens (including phenoxy) is 2. The highest BCUT2D eigenvalue weighted by atomic mass is 16.5. The summed E-state index contributed by atoms with van der Waals surface area (Å²) in [5.41, 5.74) is 1.02. The smallest absolute Gasteiger partial charge is 0.226 e. The van der Waals surface area contributed by atoms with E-state index in [9.17, 15) is 0 Å². The second kappa shape index (κ2) is 6.91. The summed E-state index contributed by atoms with van der Waals surface area (Å²) < 4.78 is 16.2. The van der Waals surface area contributed by atoms with E-state index >= 15 is 0 Å².